The third kappa shape index (κ3) is 4.18. The fourth-order valence-electron chi connectivity index (χ4n) is 2.34. The van der Waals surface area contributed by atoms with Gasteiger partial charge in [0, 0.05) is 12.5 Å². The maximum atomic E-state index is 12.3. The number of aliphatic carboxylic acids is 1. The van der Waals surface area contributed by atoms with Crippen LogP contribution in [0.25, 0.3) is 0 Å². The van der Waals surface area contributed by atoms with Gasteiger partial charge in [0.1, 0.15) is 0 Å². The molecule has 1 aliphatic rings. The average Bonchev–Trinajstić information content (AvgIpc) is 2.38. The molecule has 0 aromatic carbocycles. The first-order valence-electron chi connectivity index (χ1n) is 6.63. The molecule has 1 aliphatic heterocycles. The second kappa shape index (κ2) is 6.86. The molecule has 3 N–H and O–H groups in total. The largest absolute Gasteiger partial charge is 0.480 e. The average molecular weight is 272 g/mol. The molecule has 0 radical (unpaired) electrons. The van der Waals surface area contributed by atoms with E-state index in [0.29, 0.717) is 0 Å². The Morgan fingerprint density at radius 3 is 2.68 bits per heavy atom. The number of carbonyl (C=O) groups is 2. The first-order chi connectivity index (χ1) is 8.89. The molecule has 0 saturated carbocycles. The summed E-state index contributed by atoms with van der Waals surface area (Å²) in [5.41, 5.74) is -0.588. The highest BCUT2D eigenvalue weighted by molar-refractivity contribution is 5.87. The van der Waals surface area contributed by atoms with Gasteiger partial charge in [0.05, 0.1) is 6.61 Å². The van der Waals surface area contributed by atoms with E-state index < -0.39 is 17.4 Å². The Balaban J connectivity index is 2.65. The summed E-state index contributed by atoms with van der Waals surface area (Å²) in [6, 6.07) is -0.992. The van der Waals surface area contributed by atoms with E-state index in [1.165, 1.54) is 7.11 Å². The van der Waals surface area contributed by atoms with Crippen LogP contribution in [0.4, 0.5) is 0 Å². The molecule has 19 heavy (non-hydrogen) atoms. The summed E-state index contributed by atoms with van der Waals surface area (Å²) in [4.78, 5) is 23.3. The standard InChI is InChI=1S/C13H24N2O4/c1-13(2,9-5-4-6-14-7-9)12(18)15-10(8-19-3)11(16)17/h9-10,14H,4-8H2,1-3H3,(H,15,18)(H,16,17). The second-order valence-corrected chi connectivity index (χ2v) is 5.58. The fraction of sp³-hybridized carbons (Fsp3) is 0.846. The summed E-state index contributed by atoms with van der Waals surface area (Å²) in [6.45, 7) is 5.48. The predicted molar refractivity (Wildman–Crippen MR) is 70.8 cm³/mol. The lowest BCUT2D eigenvalue weighted by molar-refractivity contribution is -0.146. The minimum absolute atomic E-state index is 0.0277. The molecule has 0 aliphatic carbocycles. The Morgan fingerprint density at radius 2 is 2.21 bits per heavy atom. The van der Waals surface area contributed by atoms with E-state index in [0.717, 1.165) is 25.9 Å². The molecule has 1 fully saturated rings. The molecule has 6 heteroatoms. The quantitative estimate of drug-likeness (QED) is 0.644. The summed E-state index contributed by atoms with van der Waals surface area (Å²) in [6.07, 6.45) is 2.03. The number of nitrogens with one attached hydrogen (secondary N) is 2. The molecular weight excluding hydrogens is 248 g/mol. The topological polar surface area (TPSA) is 87.7 Å². The molecule has 110 valence electrons. The van der Waals surface area contributed by atoms with Crippen molar-refractivity contribution in [2.45, 2.75) is 32.7 Å². The molecule has 1 heterocycles. The van der Waals surface area contributed by atoms with Crippen molar-refractivity contribution in [3.63, 3.8) is 0 Å². The fourth-order valence-corrected chi connectivity index (χ4v) is 2.34. The number of amides is 1. The highest BCUT2D eigenvalue weighted by atomic mass is 16.5. The molecule has 0 aromatic heterocycles. The van der Waals surface area contributed by atoms with Gasteiger partial charge in [-0.25, -0.2) is 4.79 Å². The van der Waals surface area contributed by atoms with Gasteiger partial charge in [-0.15, -0.1) is 0 Å². The third-order valence-corrected chi connectivity index (χ3v) is 3.84. The van der Waals surface area contributed by atoms with Crippen LogP contribution in [0.3, 0.4) is 0 Å². The zero-order chi connectivity index (χ0) is 14.5. The number of hydrogen-bond donors (Lipinski definition) is 3. The smallest absolute Gasteiger partial charge is 0.328 e. The van der Waals surface area contributed by atoms with E-state index in [9.17, 15) is 9.59 Å². The summed E-state index contributed by atoms with van der Waals surface area (Å²) < 4.78 is 4.82. The van der Waals surface area contributed by atoms with Crippen LogP contribution in [-0.2, 0) is 14.3 Å². The van der Waals surface area contributed by atoms with E-state index in [1.54, 1.807) is 0 Å². The van der Waals surface area contributed by atoms with Gasteiger partial charge in [-0.2, -0.15) is 0 Å². The van der Waals surface area contributed by atoms with Crippen molar-refractivity contribution in [3.05, 3.63) is 0 Å². The number of methoxy groups -OCH3 is 1. The van der Waals surface area contributed by atoms with Crippen molar-refractivity contribution in [2.24, 2.45) is 11.3 Å². The van der Waals surface area contributed by atoms with Crippen LogP contribution in [-0.4, -0.2) is 49.8 Å². The molecule has 0 spiro atoms. The van der Waals surface area contributed by atoms with Crippen molar-refractivity contribution in [3.8, 4) is 0 Å². The minimum Gasteiger partial charge on any atom is -0.480 e. The van der Waals surface area contributed by atoms with Crippen molar-refractivity contribution < 1.29 is 19.4 Å². The molecule has 0 aromatic rings. The van der Waals surface area contributed by atoms with Crippen LogP contribution in [0.2, 0.25) is 0 Å². The summed E-state index contributed by atoms with van der Waals surface area (Å²) in [5.74, 6) is -1.09. The lowest BCUT2D eigenvalue weighted by Crippen LogP contribution is -2.52. The highest BCUT2D eigenvalue weighted by Crippen LogP contribution is 2.32. The molecule has 1 amide bonds. The molecular formula is C13H24N2O4. The number of carboxylic acid groups (broad SMARTS) is 1. The number of hydrogen-bond acceptors (Lipinski definition) is 4. The van der Waals surface area contributed by atoms with Crippen LogP contribution < -0.4 is 10.6 Å². The predicted octanol–water partition coefficient (Wildman–Crippen LogP) is 0.228. The molecule has 6 nitrogen and oxygen atoms in total. The number of carbonyl (C=O) groups excluding carboxylic acids is 1. The summed E-state index contributed by atoms with van der Waals surface area (Å²) in [5, 5.41) is 14.9. The minimum atomic E-state index is -1.08. The van der Waals surface area contributed by atoms with Crippen LogP contribution in [0.5, 0.6) is 0 Å². The number of piperidine rings is 1. The number of ether oxygens (including phenoxy) is 1. The first kappa shape index (κ1) is 15.9. The Labute approximate surface area is 113 Å². The van der Waals surface area contributed by atoms with E-state index in [2.05, 4.69) is 10.6 Å². The van der Waals surface area contributed by atoms with E-state index in [-0.39, 0.29) is 18.4 Å². The molecule has 0 bridgehead atoms. The lowest BCUT2D eigenvalue weighted by Gasteiger charge is -2.36. The summed E-state index contributed by atoms with van der Waals surface area (Å²) >= 11 is 0. The first-order valence-corrected chi connectivity index (χ1v) is 6.63. The van der Waals surface area contributed by atoms with Gasteiger partial charge < -0.3 is 20.5 Å². The van der Waals surface area contributed by atoms with Gasteiger partial charge in [0.2, 0.25) is 5.91 Å². The third-order valence-electron chi connectivity index (χ3n) is 3.84. The van der Waals surface area contributed by atoms with Crippen molar-refractivity contribution in [2.75, 3.05) is 26.8 Å². The zero-order valence-electron chi connectivity index (χ0n) is 11.9. The zero-order valence-corrected chi connectivity index (χ0v) is 11.9. The van der Waals surface area contributed by atoms with Crippen molar-refractivity contribution in [1.29, 1.82) is 0 Å². The number of carboxylic acids is 1. The van der Waals surface area contributed by atoms with Crippen LogP contribution in [0.15, 0.2) is 0 Å². The van der Waals surface area contributed by atoms with Gasteiger partial charge in [-0.3, -0.25) is 4.79 Å². The van der Waals surface area contributed by atoms with Crippen LogP contribution in [0.1, 0.15) is 26.7 Å². The summed E-state index contributed by atoms with van der Waals surface area (Å²) in [7, 11) is 1.41. The Hall–Kier alpha value is -1.14. The van der Waals surface area contributed by atoms with Crippen LogP contribution in [0, 0.1) is 11.3 Å². The van der Waals surface area contributed by atoms with Gasteiger partial charge >= 0.3 is 5.97 Å². The second-order valence-electron chi connectivity index (χ2n) is 5.58. The maximum absolute atomic E-state index is 12.3. The normalized spacial score (nSPS) is 21.7. The van der Waals surface area contributed by atoms with E-state index >= 15 is 0 Å². The molecule has 2 atom stereocenters. The molecule has 1 rings (SSSR count). The van der Waals surface area contributed by atoms with Crippen LogP contribution >= 0.6 is 0 Å². The monoisotopic (exact) mass is 272 g/mol. The maximum Gasteiger partial charge on any atom is 0.328 e. The number of rotatable bonds is 6. The van der Waals surface area contributed by atoms with Crippen molar-refractivity contribution in [1.82, 2.24) is 10.6 Å². The van der Waals surface area contributed by atoms with E-state index in [4.69, 9.17) is 9.84 Å². The molecule has 1 saturated heterocycles. The van der Waals surface area contributed by atoms with E-state index in [1.807, 2.05) is 13.8 Å². The highest BCUT2D eigenvalue weighted by Gasteiger charge is 2.38. The Kier molecular flexibility index (Phi) is 5.75. The molecule has 2 unspecified atom stereocenters. The Morgan fingerprint density at radius 1 is 1.53 bits per heavy atom. The SMILES string of the molecule is COCC(NC(=O)C(C)(C)C1CCCNC1)C(=O)O. The van der Waals surface area contributed by atoms with Gasteiger partial charge in [-0.05, 0) is 31.8 Å². The van der Waals surface area contributed by atoms with Gasteiger partial charge in [0.15, 0.2) is 6.04 Å². The van der Waals surface area contributed by atoms with Gasteiger partial charge in [-0.1, -0.05) is 13.8 Å². The lowest BCUT2D eigenvalue weighted by atomic mass is 9.74. The van der Waals surface area contributed by atoms with Gasteiger partial charge in [0.25, 0.3) is 0 Å². The Bertz CT molecular complexity index is 325. The van der Waals surface area contributed by atoms with Crippen molar-refractivity contribution >= 4 is 11.9 Å².